The first-order valence-electron chi connectivity index (χ1n) is 10.8. The van der Waals surface area contributed by atoms with Crippen LogP contribution in [0, 0.1) is 0 Å². The number of anilines is 1. The summed E-state index contributed by atoms with van der Waals surface area (Å²) in [6.45, 7) is 3.10. The van der Waals surface area contributed by atoms with E-state index in [4.69, 9.17) is 9.47 Å². The van der Waals surface area contributed by atoms with E-state index in [0.29, 0.717) is 54.8 Å². The molecular weight excluding hydrogens is 456 g/mol. The molecule has 1 aliphatic rings. The van der Waals surface area contributed by atoms with Gasteiger partial charge in [0.05, 0.1) is 24.8 Å². The maximum absolute atomic E-state index is 13.0. The number of ketones is 1. The van der Waals surface area contributed by atoms with Gasteiger partial charge in [-0.05, 0) is 49.4 Å². The Morgan fingerprint density at radius 3 is 2.09 bits per heavy atom. The van der Waals surface area contributed by atoms with E-state index in [1.54, 1.807) is 26.4 Å². The molecule has 3 aromatic rings. The third-order valence-electron chi connectivity index (χ3n) is 5.79. The van der Waals surface area contributed by atoms with Crippen molar-refractivity contribution in [1.29, 1.82) is 0 Å². The van der Waals surface area contributed by atoms with E-state index >= 15 is 0 Å². The number of nitrogens with zero attached hydrogens (tertiary/aromatic N) is 4. The molecule has 0 N–H and O–H groups in total. The highest BCUT2D eigenvalue weighted by molar-refractivity contribution is 7.89. The number of piperazine rings is 1. The molecule has 0 spiro atoms. The highest BCUT2D eigenvalue weighted by Gasteiger charge is 2.29. The molecule has 0 radical (unpaired) electrons. The van der Waals surface area contributed by atoms with Crippen molar-refractivity contribution < 1.29 is 22.7 Å². The predicted molar refractivity (Wildman–Crippen MR) is 128 cm³/mol. The van der Waals surface area contributed by atoms with Gasteiger partial charge in [-0.15, -0.1) is 10.2 Å². The van der Waals surface area contributed by atoms with Crippen molar-refractivity contribution in [2.24, 2.45) is 0 Å². The summed E-state index contributed by atoms with van der Waals surface area (Å²) < 4.78 is 38.1. The van der Waals surface area contributed by atoms with E-state index in [1.165, 1.54) is 23.4 Å². The van der Waals surface area contributed by atoms with Crippen molar-refractivity contribution in [1.82, 2.24) is 14.5 Å². The maximum Gasteiger partial charge on any atom is 0.243 e. The van der Waals surface area contributed by atoms with E-state index in [1.807, 2.05) is 35.2 Å². The first-order valence-corrected chi connectivity index (χ1v) is 12.2. The standard InChI is InChI=1S/C24H26N4O5S/c1-17(29)18-4-7-20(8-5-18)34(30,31)28-14-12-27(13-15-28)24-11-9-21(25-26-24)19-6-10-22(32-2)23(16-19)33-3/h4-11,16H,12-15H2,1-3H3. The molecule has 178 valence electrons. The summed E-state index contributed by atoms with van der Waals surface area (Å²) in [5.74, 6) is 1.83. The second-order valence-electron chi connectivity index (χ2n) is 7.82. The number of aromatic nitrogens is 2. The number of methoxy groups -OCH3 is 2. The normalized spacial score (nSPS) is 14.6. The lowest BCUT2D eigenvalue weighted by atomic mass is 10.1. The predicted octanol–water partition coefficient (Wildman–Crippen LogP) is 2.87. The average Bonchev–Trinajstić information content (AvgIpc) is 2.88. The molecule has 1 fully saturated rings. The second kappa shape index (κ2) is 9.78. The quantitative estimate of drug-likeness (QED) is 0.474. The minimum Gasteiger partial charge on any atom is -0.493 e. The lowest BCUT2D eigenvalue weighted by Gasteiger charge is -2.34. The number of carbonyl (C=O) groups is 1. The molecule has 1 aliphatic heterocycles. The third-order valence-corrected chi connectivity index (χ3v) is 7.70. The molecule has 2 aromatic carbocycles. The Morgan fingerprint density at radius 2 is 1.53 bits per heavy atom. The van der Waals surface area contributed by atoms with Gasteiger partial charge in [0.15, 0.2) is 23.1 Å². The minimum absolute atomic E-state index is 0.101. The van der Waals surface area contributed by atoms with Gasteiger partial charge in [0, 0.05) is 37.3 Å². The summed E-state index contributed by atoms with van der Waals surface area (Å²) >= 11 is 0. The number of benzene rings is 2. The number of rotatable bonds is 7. The molecule has 10 heteroatoms. The molecule has 1 aromatic heterocycles. The van der Waals surface area contributed by atoms with Gasteiger partial charge < -0.3 is 14.4 Å². The SMILES string of the molecule is COc1ccc(-c2ccc(N3CCN(S(=O)(=O)c4ccc(C(C)=O)cc4)CC3)nn2)cc1OC. The van der Waals surface area contributed by atoms with Gasteiger partial charge in [-0.25, -0.2) is 8.42 Å². The zero-order chi connectivity index (χ0) is 24.3. The van der Waals surface area contributed by atoms with Gasteiger partial charge in [-0.2, -0.15) is 4.31 Å². The maximum atomic E-state index is 13.0. The first kappa shape index (κ1) is 23.7. The lowest BCUT2D eigenvalue weighted by Crippen LogP contribution is -2.49. The summed E-state index contributed by atoms with van der Waals surface area (Å²) in [7, 11) is -0.463. The van der Waals surface area contributed by atoms with Gasteiger partial charge >= 0.3 is 0 Å². The van der Waals surface area contributed by atoms with Gasteiger partial charge in [0.1, 0.15) is 0 Å². The monoisotopic (exact) mass is 482 g/mol. The second-order valence-corrected chi connectivity index (χ2v) is 9.76. The Hall–Kier alpha value is -3.50. The molecule has 0 saturated carbocycles. The van der Waals surface area contributed by atoms with Crippen LogP contribution in [0.25, 0.3) is 11.3 Å². The van der Waals surface area contributed by atoms with Crippen LogP contribution >= 0.6 is 0 Å². The van der Waals surface area contributed by atoms with Crippen molar-refractivity contribution in [2.75, 3.05) is 45.3 Å². The smallest absolute Gasteiger partial charge is 0.243 e. The molecule has 1 saturated heterocycles. The number of carbonyl (C=O) groups excluding carboxylic acids is 1. The fourth-order valence-electron chi connectivity index (χ4n) is 3.81. The Morgan fingerprint density at radius 1 is 0.853 bits per heavy atom. The van der Waals surface area contributed by atoms with Gasteiger partial charge in [-0.3, -0.25) is 4.79 Å². The number of ether oxygens (including phenoxy) is 2. The molecule has 0 atom stereocenters. The molecule has 4 rings (SSSR count). The summed E-state index contributed by atoms with van der Waals surface area (Å²) in [6.07, 6.45) is 0. The molecular formula is C24H26N4O5S. The van der Waals surface area contributed by atoms with Gasteiger partial charge in [-0.1, -0.05) is 12.1 Å². The van der Waals surface area contributed by atoms with Gasteiger partial charge in [0.25, 0.3) is 0 Å². The molecule has 0 unspecified atom stereocenters. The Kier molecular flexibility index (Phi) is 6.80. The minimum atomic E-state index is -3.63. The summed E-state index contributed by atoms with van der Waals surface area (Å²) in [5.41, 5.74) is 2.03. The summed E-state index contributed by atoms with van der Waals surface area (Å²) in [5, 5.41) is 8.70. The third kappa shape index (κ3) is 4.73. The molecule has 0 amide bonds. The van der Waals surface area contributed by atoms with Crippen LogP contribution in [0.15, 0.2) is 59.5 Å². The summed E-state index contributed by atoms with van der Waals surface area (Å²) in [4.78, 5) is 13.6. The first-order chi connectivity index (χ1) is 16.3. The number of hydrogen-bond donors (Lipinski definition) is 0. The van der Waals surface area contributed by atoms with Crippen LogP contribution < -0.4 is 14.4 Å². The van der Waals surface area contributed by atoms with Crippen molar-refractivity contribution >= 4 is 21.6 Å². The average molecular weight is 483 g/mol. The van der Waals surface area contributed by atoms with Crippen LogP contribution in [0.5, 0.6) is 11.5 Å². The van der Waals surface area contributed by atoms with Crippen molar-refractivity contribution in [3.05, 3.63) is 60.2 Å². The Labute approximate surface area is 199 Å². The van der Waals surface area contributed by atoms with Crippen molar-refractivity contribution in [3.63, 3.8) is 0 Å². The van der Waals surface area contributed by atoms with Crippen LogP contribution in [-0.4, -0.2) is 69.1 Å². The number of Topliss-reactive ketones (excluding diaryl/α,β-unsaturated/α-hetero) is 1. The molecule has 9 nitrogen and oxygen atoms in total. The molecule has 0 bridgehead atoms. The molecule has 0 aliphatic carbocycles. The topological polar surface area (TPSA) is 102 Å². The van der Waals surface area contributed by atoms with Crippen molar-refractivity contribution in [3.8, 4) is 22.8 Å². The van der Waals surface area contributed by atoms with E-state index in [9.17, 15) is 13.2 Å². The van der Waals surface area contributed by atoms with Crippen LogP contribution in [0.1, 0.15) is 17.3 Å². The van der Waals surface area contributed by atoms with Crippen LogP contribution in [0.3, 0.4) is 0 Å². The van der Waals surface area contributed by atoms with Crippen LogP contribution in [-0.2, 0) is 10.0 Å². The lowest BCUT2D eigenvalue weighted by molar-refractivity contribution is 0.101. The number of hydrogen-bond acceptors (Lipinski definition) is 8. The van der Waals surface area contributed by atoms with Crippen LogP contribution in [0.2, 0.25) is 0 Å². The summed E-state index contributed by atoms with van der Waals surface area (Å²) in [6, 6.07) is 15.4. The fourth-order valence-corrected chi connectivity index (χ4v) is 5.23. The fraction of sp³-hybridized carbons (Fsp3) is 0.292. The molecule has 2 heterocycles. The van der Waals surface area contributed by atoms with E-state index < -0.39 is 10.0 Å². The largest absolute Gasteiger partial charge is 0.493 e. The highest BCUT2D eigenvalue weighted by atomic mass is 32.2. The Bertz CT molecular complexity index is 1270. The zero-order valence-electron chi connectivity index (χ0n) is 19.3. The van der Waals surface area contributed by atoms with Crippen molar-refractivity contribution in [2.45, 2.75) is 11.8 Å². The highest BCUT2D eigenvalue weighted by Crippen LogP contribution is 2.31. The number of sulfonamides is 1. The van der Waals surface area contributed by atoms with E-state index in [-0.39, 0.29) is 10.7 Å². The molecule has 34 heavy (non-hydrogen) atoms. The Balaban J connectivity index is 1.43. The van der Waals surface area contributed by atoms with E-state index in [0.717, 1.165) is 5.56 Å². The zero-order valence-corrected chi connectivity index (χ0v) is 20.1. The van der Waals surface area contributed by atoms with Gasteiger partial charge in [0.2, 0.25) is 10.0 Å². The van der Waals surface area contributed by atoms with E-state index in [2.05, 4.69) is 10.2 Å². The van der Waals surface area contributed by atoms with Crippen LogP contribution in [0.4, 0.5) is 5.82 Å².